The summed E-state index contributed by atoms with van der Waals surface area (Å²) in [5.74, 6) is -0.695. The Morgan fingerprint density at radius 1 is 1.31 bits per heavy atom. The number of unbranched alkanes of at least 4 members (excludes halogenated alkanes) is 2. The van der Waals surface area contributed by atoms with Gasteiger partial charge in [0, 0.05) is 6.42 Å². The average Bonchev–Trinajstić information content (AvgIpc) is 2.09. The number of carbonyl (C=O) groups is 1. The van der Waals surface area contributed by atoms with Crippen molar-refractivity contribution in [2.24, 2.45) is 0 Å². The van der Waals surface area contributed by atoms with Gasteiger partial charge in [0.25, 0.3) is 0 Å². The molecule has 0 aromatic rings. The normalized spacial score (nSPS) is 9.85. The van der Waals surface area contributed by atoms with Gasteiger partial charge in [-0.25, -0.2) is 0 Å². The van der Waals surface area contributed by atoms with E-state index < -0.39 is 5.97 Å². The molecular weight excluding hydrogens is 166 g/mol. The molecule has 0 aromatic heterocycles. The first-order chi connectivity index (χ1) is 6.27. The van der Waals surface area contributed by atoms with E-state index in [0.29, 0.717) is 6.42 Å². The number of hydrogen-bond donors (Lipinski definition) is 2. The number of rotatable bonds is 9. The van der Waals surface area contributed by atoms with Crippen LogP contribution in [0.1, 0.15) is 32.1 Å². The summed E-state index contributed by atoms with van der Waals surface area (Å²) in [6.45, 7) is 5.58. The van der Waals surface area contributed by atoms with Crippen LogP contribution in [0.25, 0.3) is 0 Å². The van der Waals surface area contributed by atoms with Crippen molar-refractivity contribution in [2.45, 2.75) is 32.1 Å². The van der Waals surface area contributed by atoms with E-state index in [0.717, 1.165) is 38.8 Å². The third-order valence-corrected chi connectivity index (χ3v) is 1.77. The fraction of sp³-hybridized carbons (Fsp3) is 0.700. The van der Waals surface area contributed by atoms with Gasteiger partial charge in [-0.2, -0.15) is 0 Å². The van der Waals surface area contributed by atoms with E-state index in [4.69, 9.17) is 5.11 Å². The second-order valence-electron chi connectivity index (χ2n) is 3.03. The van der Waals surface area contributed by atoms with Gasteiger partial charge in [0.15, 0.2) is 0 Å². The van der Waals surface area contributed by atoms with Crippen molar-refractivity contribution in [1.29, 1.82) is 0 Å². The summed E-state index contributed by atoms with van der Waals surface area (Å²) in [6.07, 6.45) is 6.02. The number of hydrogen-bond acceptors (Lipinski definition) is 2. The molecule has 0 rings (SSSR count). The van der Waals surface area contributed by atoms with E-state index >= 15 is 0 Å². The minimum atomic E-state index is -0.695. The molecule has 0 unspecified atom stereocenters. The number of nitrogens with one attached hydrogen (secondary N) is 1. The van der Waals surface area contributed by atoms with Crippen molar-refractivity contribution in [1.82, 2.24) is 5.32 Å². The van der Waals surface area contributed by atoms with Gasteiger partial charge < -0.3 is 10.4 Å². The van der Waals surface area contributed by atoms with Crippen LogP contribution >= 0.6 is 0 Å². The number of carboxylic acid groups (broad SMARTS) is 1. The van der Waals surface area contributed by atoms with Crippen molar-refractivity contribution in [3.63, 3.8) is 0 Å². The smallest absolute Gasteiger partial charge is 0.303 e. The van der Waals surface area contributed by atoms with Crippen molar-refractivity contribution in [2.75, 3.05) is 13.1 Å². The van der Waals surface area contributed by atoms with Crippen LogP contribution < -0.4 is 5.32 Å². The van der Waals surface area contributed by atoms with Crippen molar-refractivity contribution < 1.29 is 9.90 Å². The lowest BCUT2D eigenvalue weighted by Crippen LogP contribution is -2.15. The molecule has 0 aliphatic carbocycles. The van der Waals surface area contributed by atoms with Crippen molar-refractivity contribution in [3.8, 4) is 0 Å². The van der Waals surface area contributed by atoms with Crippen LogP contribution in [0.15, 0.2) is 12.7 Å². The van der Waals surface area contributed by atoms with Gasteiger partial charge in [-0.1, -0.05) is 12.5 Å². The quantitative estimate of drug-likeness (QED) is 0.425. The molecule has 0 saturated heterocycles. The predicted octanol–water partition coefficient (Wildman–Crippen LogP) is 1.80. The SMILES string of the molecule is C=CCCNCCCCCC(=O)O. The zero-order chi connectivity index (χ0) is 9.94. The molecule has 0 atom stereocenters. The molecule has 3 nitrogen and oxygen atoms in total. The molecule has 13 heavy (non-hydrogen) atoms. The van der Waals surface area contributed by atoms with E-state index in [1.807, 2.05) is 6.08 Å². The standard InChI is InChI=1S/C10H19NO2/c1-2-3-8-11-9-6-4-5-7-10(12)13/h2,11H,1,3-9H2,(H,12,13). The third-order valence-electron chi connectivity index (χ3n) is 1.77. The Kier molecular flexibility index (Phi) is 8.67. The zero-order valence-electron chi connectivity index (χ0n) is 8.09. The topological polar surface area (TPSA) is 49.3 Å². The predicted molar refractivity (Wildman–Crippen MR) is 53.8 cm³/mol. The van der Waals surface area contributed by atoms with Gasteiger partial charge in [0.2, 0.25) is 0 Å². The maximum absolute atomic E-state index is 10.1. The highest BCUT2D eigenvalue weighted by molar-refractivity contribution is 5.66. The summed E-state index contributed by atoms with van der Waals surface area (Å²) >= 11 is 0. The molecular formula is C10H19NO2. The lowest BCUT2D eigenvalue weighted by molar-refractivity contribution is -0.137. The Morgan fingerprint density at radius 3 is 2.69 bits per heavy atom. The maximum Gasteiger partial charge on any atom is 0.303 e. The summed E-state index contributed by atoms with van der Waals surface area (Å²) < 4.78 is 0. The van der Waals surface area contributed by atoms with E-state index in [-0.39, 0.29) is 0 Å². The van der Waals surface area contributed by atoms with Gasteiger partial charge in [0.1, 0.15) is 0 Å². The first-order valence-electron chi connectivity index (χ1n) is 4.80. The first kappa shape index (κ1) is 12.2. The fourth-order valence-electron chi connectivity index (χ4n) is 1.03. The van der Waals surface area contributed by atoms with Crippen LogP contribution in [-0.4, -0.2) is 24.2 Å². The second kappa shape index (κ2) is 9.26. The van der Waals surface area contributed by atoms with E-state index in [1.54, 1.807) is 0 Å². The van der Waals surface area contributed by atoms with Crippen LogP contribution in [0.3, 0.4) is 0 Å². The van der Waals surface area contributed by atoms with Gasteiger partial charge in [-0.3, -0.25) is 4.79 Å². The molecule has 0 spiro atoms. The molecule has 0 aliphatic rings. The monoisotopic (exact) mass is 185 g/mol. The molecule has 76 valence electrons. The molecule has 2 N–H and O–H groups in total. The second-order valence-corrected chi connectivity index (χ2v) is 3.03. The number of aliphatic carboxylic acids is 1. The Bertz CT molecular complexity index is 146. The van der Waals surface area contributed by atoms with Gasteiger partial charge >= 0.3 is 5.97 Å². The van der Waals surface area contributed by atoms with Gasteiger partial charge in [-0.15, -0.1) is 6.58 Å². The minimum absolute atomic E-state index is 0.298. The largest absolute Gasteiger partial charge is 0.481 e. The summed E-state index contributed by atoms with van der Waals surface area (Å²) in [5.41, 5.74) is 0. The van der Waals surface area contributed by atoms with Gasteiger partial charge in [0.05, 0.1) is 0 Å². The minimum Gasteiger partial charge on any atom is -0.481 e. The van der Waals surface area contributed by atoms with Crippen LogP contribution in [-0.2, 0) is 4.79 Å². The molecule has 0 aromatic carbocycles. The summed E-state index contributed by atoms with van der Waals surface area (Å²) in [4.78, 5) is 10.1. The molecule has 0 heterocycles. The van der Waals surface area contributed by atoms with E-state index in [2.05, 4.69) is 11.9 Å². The summed E-state index contributed by atoms with van der Waals surface area (Å²) in [6, 6.07) is 0. The molecule has 3 heteroatoms. The maximum atomic E-state index is 10.1. The van der Waals surface area contributed by atoms with Crippen LogP contribution in [0.2, 0.25) is 0 Å². The average molecular weight is 185 g/mol. The lowest BCUT2D eigenvalue weighted by atomic mass is 10.2. The number of carboxylic acids is 1. The first-order valence-corrected chi connectivity index (χ1v) is 4.80. The van der Waals surface area contributed by atoms with Crippen molar-refractivity contribution >= 4 is 5.97 Å². The Morgan fingerprint density at radius 2 is 2.08 bits per heavy atom. The van der Waals surface area contributed by atoms with Crippen LogP contribution in [0, 0.1) is 0 Å². The molecule has 0 saturated carbocycles. The van der Waals surface area contributed by atoms with Crippen LogP contribution in [0.4, 0.5) is 0 Å². The molecule has 0 bridgehead atoms. The molecule has 0 aliphatic heterocycles. The van der Waals surface area contributed by atoms with E-state index in [9.17, 15) is 4.79 Å². The molecule has 0 radical (unpaired) electrons. The summed E-state index contributed by atoms with van der Waals surface area (Å²) in [7, 11) is 0. The Hall–Kier alpha value is -0.830. The van der Waals surface area contributed by atoms with Crippen LogP contribution in [0.5, 0.6) is 0 Å². The lowest BCUT2D eigenvalue weighted by Gasteiger charge is -2.01. The Labute approximate surface area is 79.8 Å². The summed E-state index contributed by atoms with van der Waals surface area (Å²) in [5, 5.41) is 11.6. The fourth-order valence-corrected chi connectivity index (χ4v) is 1.03. The molecule has 0 amide bonds. The Balaban J connectivity index is 2.91. The van der Waals surface area contributed by atoms with Crippen molar-refractivity contribution in [3.05, 3.63) is 12.7 Å². The zero-order valence-corrected chi connectivity index (χ0v) is 8.09. The highest BCUT2D eigenvalue weighted by Crippen LogP contribution is 1.98. The highest BCUT2D eigenvalue weighted by Gasteiger charge is 1.95. The highest BCUT2D eigenvalue weighted by atomic mass is 16.4. The van der Waals surface area contributed by atoms with Gasteiger partial charge in [-0.05, 0) is 32.4 Å². The van der Waals surface area contributed by atoms with E-state index in [1.165, 1.54) is 0 Å². The third kappa shape index (κ3) is 11.2. The molecule has 0 fully saturated rings.